The van der Waals surface area contributed by atoms with Crippen molar-refractivity contribution in [2.45, 2.75) is 50.6 Å². The lowest BCUT2D eigenvalue weighted by Crippen LogP contribution is -2.37. The molecule has 0 amide bonds. The zero-order valence-corrected chi connectivity index (χ0v) is 13.3. The Kier molecular flexibility index (Phi) is 5.03. The summed E-state index contributed by atoms with van der Waals surface area (Å²) in [5.41, 5.74) is 3.01. The van der Waals surface area contributed by atoms with E-state index < -0.39 is 0 Å². The third kappa shape index (κ3) is 4.00. The molecule has 20 heavy (non-hydrogen) atoms. The monoisotopic (exact) mass is 290 g/mol. The maximum absolute atomic E-state index is 3.65. The molecule has 1 aromatic rings. The summed E-state index contributed by atoms with van der Waals surface area (Å²) >= 11 is 2.15. The fourth-order valence-electron chi connectivity index (χ4n) is 2.84. The Hall–Kier alpha value is -0.510. The van der Waals surface area contributed by atoms with Crippen LogP contribution in [0.3, 0.4) is 0 Å². The summed E-state index contributed by atoms with van der Waals surface area (Å²) in [6.07, 6.45) is 4.03. The third-order valence-corrected chi connectivity index (χ3v) is 5.72. The molecular weight excluding hydrogens is 264 g/mol. The second kappa shape index (κ2) is 6.97. The Balaban J connectivity index is 1.60. The molecule has 0 spiro atoms. The van der Waals surface area contributed by atoms with Gasteiger partial charge in [0, 0.05) is 43.2 Å². The van der Waals surface area contributed by atoms with Crippen LogP contribution in [0.1, 0.15) is 37.3 Å². The summed E-state index contributed by atoms with van der Waals surface area (Å²) in [5.74, 6) is 1.29. The molecule has 0 radical (unpaired) electrons. The van der Waals surface area contributed by atoms with E-state index in [2.05, 4.69) is 53.2 Å². The summed E-state index contributed by atoms with van der Waals surface area (Å²) in [4.78, 5) is 2.64. The molecule has 1 aliphatic carbocycles. The first-order chi connectivity index (χ1) is 9.85. The lowest BCUT2D eigenvalue weighted by Gasteiger charge is -2.32. The van der Waals surface area contributed by atoms with Crippen LogP contribution in [-0.4, -0.2) is 35.0 Å². The minimum atomic E-state index is 0.791. The molecule has 3 rings (SSSR count). The lowest BCUT2D eigenvalue weighted by atomic mass is 10.1. The lowest BCUT2D eigenvalue weighted by molar-refractivity contribution is 0.272. The smallest absolute Gasteiger partial charge is 0.0237 e. The molecule has 1 N–H and O–H groups in total. The van der Waals surface area contributed by atoms with Crippen molar-refractivity contribution in [2.24, 2.45) is 0 Å². The molecule has 1 atom stereocenters. The first-order valence-electron chi connectivity index (χ1n) is 7.99. The molecule has 3 heteroatoms. The van der Waals surface area contributed by atoms with Crippen molar-refractivity contribution in [3.63, 3.8) is 0 Å². The second-order valence-corrected chi connectivity index (χ2v) is 7.47. The van der Waals surface area contributed by atoms with Gasteiger partial charge in [-0.3, -0.25) is 4.90 Å². The number of benzene rings is 1. The number of hydrogen-bond donors (Lipinski definition) is 1. The van der Waals surface area contributed by atoms with Crippen molar-refractivity contribution in [3.05, 3.63) is 35.4 Å². The number of nitrogens with one attached hydrogen (secondary N) is 1. The average Bonchev–Trinajstić information content (AvgIpc) is 3.31. The van der Waals surface area contributed by atoms with Crippen molar-refractivity contribution < 1.29 is 0 Å². The highest BCUT2D eigenvalue weighted by molar-refractivity contribution is 8.00. The molecular formula is C17H26N2S. The standard InChI is InChI=1S/C17H26N2S/c1-2-17-13-19(9-10-20-17)12-15-6-4-3-5-14(15)11-18-16-7-8-16/h3-6,16-18H,2,7-13H2,1H3. The molecule has 2 nitrogen and oxygen atoms in total. The van der Waals surface area contributed by atoms with Gasteiger partial charge in [0.25, 0.3) is 0 Å². The molecule has 1 aromatic carbocycles. The highest BCUT2D eigenvalue weighted by Gasteiger charge is 2.22. The van der Waals surface area contributed by atoms with Crippen LogP contribution >= 0.6 is 11.8 Å². The minimum absolute atomic E-state index is 0.791. The van der Waals surface area contributed by atoms with E-state index in [1.54, 1.807) is 0 Å². The van der Waals surface area contributed by atoms with Gasteiger partial charge in [-0.15, -0.1) is 0 Å². The van der Waals surface area contributed by atoms with Gasteiger partial charge in [0.2, 0.25) is 0 Å². The van der Waals surface area contributed by atoms with Gasteiger partial charge in [0.05, 0.1) is 0 Å². The maximum atomic E-state index is 3.65. The van der Waals surface area contributed by atoms with E-state index in [-0.39, 0.29) is 0 Å². The summed E-state index contributed by atoms with van der Waals surface area (Å²) in [7, 11) is 0. The first-order valence-corrected chi connectivity index (χ1v) is 9.04. The Labute approximate surface area is 127 Å². The van der Waals surface area contributed by atoms with Crippen LogP contribution in [0.5, 0.6) is 0 Å². The Morgan fingerprint density at radius 1 is 1.25 bits per heavy atom. The average molecular weight is 290 g/mol. The zero-order valence-electron chi connectivity index (χ0n) is 12.5. The van der Waals surface area contributed by atoms with E-state index in [0.29, 0.717) is 0 Å². The van der Waals surface area contributed by atoms with Gasteiger partial charge in [-0.25, -0.2) is 0 Å². The molecule has 1 heterocycles. The normalized spacial score (nSPS) is 23.9. The number of thioether (sulfide) groups is 1. The SMILES string of the molecule is CCC1CN(Cc2ccccc2CNC2CC2)CCS1. The van der Waals surface area contributed by atoms with Crippen molar-refractivity contribution in [1.82, 2.24) is 10.2 Å². The predicted molar refractivity (Wildman–Crippen MR) is 88.1 cm³/mol. The van der Waals surface area contributed by atoms with Crippen molar-refractivity contribution in [2.75, 3.05) is 18.8 Å². The number of rotatable bonds is 6. The van der Waals surface area contributed by atoms with Crippen LogP contribution in [-0.2, 0) is 13.1 Å². The van der Waals surface area contributed by atoms with Gasteiger partial charge in [-0.05, 0) is 30.4 Å². The largest absolute Gasteiger partial charge is 0.310 e. The highest BCUT2D eigenvalue weighted by atomic mass is 32.2. The van der Waals surface area contributed by atoms with E-state index in [9.17, 15) is 0 Å². The van der Waals surface area contributed by atoms with E-state index in [4.69, 9.17) is 0 Å². The van der Waals surface area contributed by atoms with Crippen LogP contribution in [0.15, 0.2) is 24.3 Å². The fourth-order valence-corrected chi connectivity index (χ4v) is 4.09. The van der Waals surface area contributed by atoms with Gasteiger partial charge < -0.3 is 5.32 Å². The second-order valence-electron chi connectivity index (χ2n) is 6.06. The van der Waals surface area contributed by atoms with Crippen LogP contribution < -0.4 is 5.32 Å². The molecule has 0 bridgehead atoms. The summed E-state index contributed by atoms with van der Waals surface area (Å²) in [6, 6.07) is 9.76. The quantitative estimate of drug-likeness (QED) is 0.865. The van der Waals surface area contributed by atoms with Crippen molar-refractivity contribution in [3.8, 4) is 0 Å². The molecule has 2 aliphatic rings. The van der Waals surface area contributed by atoms with Crippen molar-refractivity contribution >= 4 is 11.8 Å². The Bertz CT molecular complexity index is 431. The third-order valence-electron chi connectivity index (χ3n) is 4.35. The van der Waals surface area contributed by atoms with E-state index in [1.807, 2.05) is 0 Å². The van der Waals surface area contributed by atoms with E-state index in [1.165, 1.54) is 49.2 Å². The Morgan fingerprint density at radius 2 is 2.05 bits per heavy atom. The molecule has 1 unspecified atom stereocenters. The van der Waals surface area contributed by atoms with Crippen LogP contribution in [0.4, 0.5) is 0 Å². The molecule has 1 saturated carbocycles. The molecule has 1 saturated heterocycles. The van der Waals surface area contributed by atoms with Gasteiger partial charge in [0.1, 0.15) is 0 Å². The van der Waals surface area contributed by atoms with E-state index >= 15 is 0 Å². The summed E-state index contributed by atoms with van der Waals surface area (Å²) in [5, 5.41) is 4.48. The maximum Gasteiger partial charge on any atom is 0.0237 e. The summed E-state index contributed by atoms with van der Waals surface area (Å²) < 4.78 is 0. The van der Waals surface area contributed by atoms with Crippen LogP contribution in [0.25, 0.3) is 0 Å². The molecule has 1 aliphatic heterocycles. The van der Waals surface area contributed by atoms with Gasteiger partial charge >= 0.3 is 0 Å². The Morgan fingerprint density at radius 3 is 2.80 bits per heavy atom. The fraction of sp³-hybridized carbons (Fsp3) is 0.647. The van der Waals surface area contributed by atoms with Gasteiger partial charge in [0.15, 0.2) is 0 Å². The van der Waals surface area contributed by atoms with E-state index in [0.717, 1.165) is 24.4 Å². The highest BCUT2D eigenvalue weighted by Crippen LogP contribution is 2.24. The van der Waals surface area contributed by atoms with Gasteiger partial charge in [-0.2, -0.15) is 11.8 Å². The van der Waals surface area contributed by atoms with Gasteiger partial charge in [-0.1, -0.05) is 31.2 Å². The molecule has 0 aromatic heterocycles. The minimum Gasteiger partial charge on any atom is -0.310 e. The predicted octanol–water partition coefficient (Wildman–Crippen LogP) is 3.27. The van der Waals surface area contributed by atoms with Crippen LogP contribution in [0.2, 0.25) is 0 Å². The molecule has 110 valence electrons. The van der Waals surface area contributed by atoms with Crippen molar-refractivity contribution in [1.29, 1.82) is 0 Å². The topological polar surface area (TPSA) is 15.3 Å². The number of nitrogens with zero attached hydrogens (tertiary/aromatic N) is 1. The first kappa shape index (κ1) is 14.4. The zero-order chi connectivity index (χ0) is 13.8. The molecule has 2 fully saturated rings. The van der Waals surface area contributed by atoms with Crippen LogP contribution in [0, 0.1) is 0 Å². The number of hydrogen-bond acceptors (Lipinski definition) is 3. The summed E-state index contributed by atoms with van der Waals surface area (Å²) in [6.45, 7) is 6.98.